The number of alkyl halides is 4. The average molecular weight is 201 g/mol. The highest BCUT2D eigenvalue weighted by Gasteiger charge is 2.38. The minimum Gasteiger partial charge on any atom is -0.416 e. The second kappa shape index (κ2) is 2.93. The van der Waals surface area contributed by atoms with E-state index in [9.17, 15) is 13.2 Å². The molecule has 0 aromatic carbocycles. The van der Waals surface area contributed by atoms with Crippen LogP contribution in [0.2, 0.25) is 0 Å². The molecule has 0 saturated carbocycles. The lowest BCUT2D eigenvalue weighted by molar-refractivity contribution is -0.157. The summed E-state index contributed by atoms with van der Waals surface area (Å²) in [5, 5.41) is 5.18. The van der Waals surface area contributed by atoms with Gasteiger partial charge in [-0.05, 0) is 6.92 Å². The Kier molecular flexibility index (Phi) is 2.27. The highest BCUT2D eigenvalue weighted by molar-refractivity contribution is 6.20. The van der Waals surface area contributed by atoms with Crippen LogP contribution in [0.4, 0.5) is 13.2 Å². The topological polar surface area (TPSA) is 38.9 Å². The maximum absolute atomic E-state index is 11.8. The quantitative estimate of drug-likeness (QED) is 0.654. The van der Waals surface area contributed by atoms with Gasteiger partial charge in [-0.3, -0.25) is 0 Å². The van der Waals surface area contributed by atoms with Crippen LogP contribution >= 0.6 is 11.6 Å². The van der Waals surface area contributed by atoms with Crippen LogP contribution in [0.5, 0.6) is 0 Å². The summed E-state index contributed by atoms with van der Waals surface area (Å²) in [4.78, 5) is 0. The van der Waals surface area contributed by atoms with Crippen LogP contribution in [0.3, 0.4) is 0 Å². The Bertz CT molecular complexity index is 270. The second-order valence-corrected chi connectivity index (χ2v) is 2.71. The number of rotatable bonds is 1. The Morgan fingerprint density at radius 2 is 2.00 bits per heavy atom. The fraction of sp³-hybridized carbons (Fsp3) is 0.600. The zero-order chi connectivity index (χ0) is 9.35. The molecule has 3 nitrogen and oxygen atoms in total. The molecule has 0 bridgehead atoms. The zero-order valence-corrected chi connectivity index (χ0v) is 6.65. The fourth-order valence-corrected chi connectivity index (χ4v) is 0.598. The number of nitrogens with zero attached hydrogens (tertiary/aromatic N) is 2. The molecule has 0 radical (unpaired) electrons. The van der Waals surface area contributed by atoms with Crippen LogP contribution in [0.15, 0.2) is 4.42 Å². The molecule has 7 heteroatoms. The predicted molar refractivity (Wildman–Crippen MR) is 33.6 cm³/mol. The van der Waals surface area contributed by atoms with Gasteiger partial charge in [0, 0.05) is 0 Å². The van der Waals surface area contributed by atoms with Gasteiger partial charge in [0.2, 0.25) is 5.89 Å². The van der Waals surface area contributed by atoms with E-state index in [4.69, 9.17) is 11.6 Å². The monoisotopic (exact) mass is 200 g/mol. The molecule has 0 N–H and O–H groups in total. The molecule has 0 aliphatic heterocycles. The predicted octanol–water partition coefficient (Wildman–Crippen LogP) is 2.39. The minimum absolute atomic E-state index is 0.232. The fourth-order valence-electron chi connectivity index (χ4n) is 0.510. The maximum atomic E-state index is 11.8. The van der Waals surface area contributed by atoms with E-state index >= 15 is 0 Å². The summed E-state index contributed by atoms with van der Waals surface area (Å²) in [5.41, 5.74) is 0. The minimum atomic E-state index is -4.60. The Labute approximate surface area is 70.5 Å². The van der Waals surface area contributed by atoms with Crippen molar-refractivity contribution >= 4 is 11.6 Å². The molecule has 1 aromatic heterocycles. The molecule has 68 valence electrons. The molecule has 0 saturated heterocycles. The van der Waals surface area contributed by atoms with Crippen LogP contribution in [0.1, 0.15) is 24.1 Å². The van der Waals surface area contributed by atoms with Gasteiger partial charge in [0.1, 0.15) is 5.38 Å². The first-order valence-corrected chi connectivity index (χ1v) is 3.39. The van der Waals surface area contributed by atoms with Gasteiger partial charge in [-0.2, -0.15) is 13.2 Å². The standard InChI is InChI=1S/C5H4ClF3N2O/c1-2(6)3-10-11-4(12-3)5(7,8)9/h2H,1H3. The van der Waals surface area contributed by atoms with E-state index in [0.717, 1.165) is 0 Å². The van der Waals surface area contributed by atoms with Crippen LogP contribution in [-0.2, 0) is 6.18 Å². The van der Waals surface area contributed by atoms with Crippen LogP contribution < -0.4 is 0 Å². The lowest BCUT2D eigenvalue weighted by Crippen LogP contribution is -2.04. The lowest BCUT2D eigenvalue weighted by Gasteiger charge is -1.97. The molecule has 0 amide bonds. The summed E-state index contributed by atoms with van der Waals surface area (Å²) in [5.74, 6) is -1.60. The molecular weight excluding hydrogens is 197 g/mol. The van der Waals surface area contributed by atoms with Crippen molar-refractivity contribution in [1.29, 1.82) is 0 Å². The van der Waals surface area contributed by atoms with E-state index in [0.29, 0.717) is 0 Å². The number of halogens is 4. The smallest absolute Gasteiger partial charge is 0.416 e. The Hall–Kier alpha value is -0.780. The van der Waals surface area contributed by atoms with Crippen molar-refractivity contribution < 1.29 is 17.6 Å². The summed E-state index contributed by atoms with van der Waals surface area (Å²) in [6, 6.07) is 0. The normalized spacial score (nSPS) is 14.8. The van der Waals surface area contributed by atoms with Gasteiger partial charge in [-0.15, -0.1) is 21.8 Å². The first kappa shape index (κ1) is 9.31. The Morgan fingerprint density at radius 1 is 1.42 bits per heavy atom. The summed E-state index contributed by atoms with van der Waals surface area (Å²) in [6.45, 7) is 1.44. The molecule has 1 rings (SSSR count). The molecule has 0 aliphatic carbocycles. The third-order valence-corrected chi connectivity index (χ3v) is 1.21. The molecule has 0 aliphatic rings. The van der Waals surface area contributed by atoms with Gasteiger partial charge in [0.15, 0.2) is 0 Å². The first-order valence-electron chi connectivity index (χ1n) is 2.96. The Balaban J connectivity index is 2.92. The van der Waals surface area contributed by atoms with E-state index in [1.54, 1.807) is 0 Å². The van der Waals surface area contributed by atoms with Crippen molar-refractivity contribution in [2.45, 2.75) is 18.5 Å². The number of hydrogen-bond acceptors (Lipinski definition) is 3. The highest BCUT2D eigenvalue weighted by atomic mass is 35.5. The zero-order valence-electron chi connectivity index (χ0n) is 5.89. The van der Waals surface area contributed by atoms with Crippen molar-refractivity contribution in [3.63, 3.8) is 0 Å². The van der Waals surface area contributed by atoms with Crippen molar-refractivity contribution in [1.82, 2.24) is 10.2 Å². The Morgan fingerprint density at radius 3 is 2.25 bits per heavy atom. The molecular formula is C5H4ClF3N2O. The molecule has 0 spiro atoms. The van der Waals surface area contributed by atoms with Gasteiger partial charge in [-0.1, -0.05) is 0 Å². The van der Waals surface area contributed by atoms with Gasteiger partial charge in [-0.25, -0.2) is 0 Å². The molecule has 1 heterocycles. The SMILES string of the molecule is CC(Cl)c1nnc(C(F)(F)F)o1. The van der Waals surface area contributed by atoms with Crippen molar-refractivity contribution in [3.8, 4) is 0 Å². The van der Waals surface area contributed by atoms with E-state index in [-0.39, 0.29) is 5.89 Å². The lowest BCUT2D eigenvalue weighted by atomic mass is 10.5. The first-order chi connectivity index (χ1) is 5.41. The molecule has 1 aromatic rings. The van der Waals surface area contributed by atoms with Crippen LogP contribution in [0, 0.1) is 0 Å². The van der Waals surface area contributed by atoms with Crippen molar-refractivity contribution in [2.75, 3.05) is 0 Å². The molecule has 0 fully saturated rings. The van der Waals surface area contributed by atoms with E-state index in [1.165, 1.54) is 6.92 Å². The summed E-state index contributed by atoms with van der Waals surface area (Å²) >= 11 is 5.40. The second-order valence-electron chi connectivity index (χ2n) is 2.06. The molecule has 1 atom stereocenters. The molecule has 1 unspecified atom stereocenters. The van der Waals surface area contributed by atoms with Gasteiger partial charge in [0.05, 0.1) is 0 Å². The number of aromatic nitrogens is 2. The number of hydrogen-bond donors (Lipinski definition) is 0. The van der Waals surface area contributed by atoms with Crippen LogP contribution in [0.25, 0.3) is 0 Å². The summed E-state index contributed by atoms with van der Waals surface area (Å²) < 4.78 is 39.7. The largest absolute Gasteiger partial charge is 0.470 e. The van der Waals surface area contributed by atoms with E-state index < -0.39 is 17.4 Å². The third-order valence-electron chi connectivity index (χ3n) is 1.02. The van der Waals surface area contributed by atoms with Gasteiger partial charge >= 0.3 is 12.1 Å². The van der Waals surface area contributed by atoms with Gasteiger partial charge < -0.3 is 4.42 Å². The third kappa shape index (κ3) is 1.88. The van der Waals surface area contributed by atoms with Crippen LogP contribution in [-0.4, -0.2) is 10.2 Å². The summed E-state index contributed by atoms with van der Waals surface area (Å²) in [7, 11) is 0. The van der Waals surface area contributed by atoms with E-state index in [1.807, 2.05) is 0 Å². The van der Waals surface area contributed by atoms with Crippen molar-refractivity contribution in [2.24, 2.45) is 0 Å². The average Bonchev–Trinajstić information content (AvgIpc) is 2.30. The maximum Gasteiger partial charge on any atom is 0.470 e. The highest BCUT2D eigenvalue weighted by Crippen LogP contribution is 2.29. The molecule has 12 heavy (non-hydrogen) atoms. The van der Waals surface area contributed by atoms with Crippen molar-refractivity contribution in [3.05, 3.63) is 11.8 Å². The van der Waals surface area contributed by atoms with E-state index in [2.05, 4.69) is 14.6 Å². The van der Waals surface area contributed by atoms with Gasteiger partial charge in [0.25, 0.3) is 0 Å². The summed E-state index contributed by atoms with van der Waals surface area (Å²) in [6.07, 6.45) is -4.60.